The SMILES string of the molecule is CC(C)NCc1cc(S(=O)(=O)NC2CC3CCC2O3)c[nH]1. The van der Waals surface area contributed by atoms with Gasteiger partial charge in [0.1, 0.15) is 0 Å². The Morgan fingerprint density at radius 2 is 2.24 bits per heavy atom. The van der Waals surface area contributed by atoms with Crippen molar-refractivity contribution in [1.29, 1.82) is 0 Å². The van der Waals surface area contributed by atoms with Crippen LogP contribution >= 0.6 is 0 Å². The predicted molar refractivity (Wildman–Crippen MR) is 79.4 cm³/mol. The molecule has 118 valence electrons. The molecule has 7 heteroatoms. The minimum absolute atomic E-state index is 0.0470. The minimum atomic E-state index is -3.47. The summed E-state index contributed by atoms with van der Waals surface area (Å²) in [7, 11) is -3.47. The summed E-state index contributed by atoms with van der Waals surface area (Å²) in [6.07, 6.45) is 4.63. The number of aromatic amines is 1. The Labute approximate surface area is 125 Å². The number of nitrogens with one attached hydrogen (secondary N) is 3. The molecule has 3 N–H and O–H groups in total. The van der Waals surface area contributed by atoms with Crippen LogP contribution in [-0.4, -0.2) is 37.7 Å². The maximum absolute atomic E-state index is 12.4. The van der Waals surface area contributed by atoms with Gasteiger partial charge in [0.15, 0.2) is 0 Å². The first-order valence-electron chi connectivity index (χ1n) is 7.52. The predicted octanol–water partition coefficient (Wildman–Crippen LogP) is 1.11. The monoisotopic (exact) mass is 313 g/mol. The van der Waals surface area contributed by atoms with Crippen molar-refractivity contribution in [2.45, 2.75) is 68.8 Å². The van der Waals surface area contributed by atoms with E-state index < -0.39 is 10.0 Å². The van der Waals surface area contributed by atoms with Gasteiger partial charge in [-0.3, -0.25) is 0 Å². The van der Waals surface area contributed by atoms with Crippen molar-refractivity contribution in [1.82, 2.24) is 15.0 Å². The van der Waals surface area contributed by atoms with Gasteiger partial charge in [0.2, 0.25) is 10.0 Å². The van der Waals surface area contributed by atoms with Crippen LogP contribution < -0.4 is 10.0 Å². The van der Waals surface area contributed by atoms with Crippen LogP contribution in [-0.2, 0) is 21.3 Å². The van der Waals surface area contributed by atoms with Crippen LogP contribution in [0.4, 0.5) is 0 Å². The summed E-state index contributed by atoms with van der Waals surface area (Å²) in [5, 5.41) is 3.26. The zero-order valence-corrected chi connectivity index (χ0v) is 13.2. The summed E-state index contributed by atoms with van der Waals surface area (Å²) in [5.74, 6) is 0. The van der Waals surface area contributed by atoms with E-state index >= 15 is 0 Å². The molecular weight excluding hydrogens is 290 g/mol. The summed E-state index contributed by atoms with van der Waals surface area (Å²) in [5.41, 5.74) is 0.869. The lowest BCUT2D eigenvalue weighted by molar-refractivity contribution is 0.0996. The number of hydrogen-bond acceptors (Lipinski definition) is 4. The summed E-state index contributed by atoms with van der Waals surface area (Å²) in [4.78, 5) is 3.31. The zero-order chi connectivity index (χ0) is 15.0. The molecule has 2 saturated heterocycles. The van der Waals surface area contributed by atoms with Gasteiger partial charge in [-0.25, -0.2) is 13.1 Å². The molecule has 2 aliphatic rings. The molecule has 1 aromatic heterocycles. The second-order valence-electron chi connectivity index (χ2n) is 6.23. The summed E-state index contributed by atoms with van der Waals surface area (Å²) >= 11 is 0. The second-order valence-corrected chi connectivity index (χ2v) is 7.95. The first-order chi connectivity index (χ1) is 9.94. The maximum atomic E-state index is 12.4. The quantitative estimate of drug-likeness (QED) is 0.735. The second kappa shape index (κ2) is 5.72. The molecule has 0 amide bonds. The minimum Gasteiger partial charge on any atom is -0.373 e. The number of aromatic nitrogens is 1. The van der Waals surface area contributed by atoms with Crippen LogP contribution in [0.2, 0.25) is 0 Å². The molecular formula is C14H23N3O3S. The Kier molecular flexibility index (Phi) is 4.09. The Hall–Kier alpha value is -0.890. The van der Waals surface area contributed by atoms with Crippen molar-refractivity contribution < 1.29 is 13.2 Å². The fourth-order valence-corrected chi connectivity index (χ4v) is 4.31. The number of ether oxygens (including phenoxy) is 1. The molecule has 21 heavy (non-hydrogen) atoms. The third-order valence-corrected chi connectivity index (χ3v) is 5.61. The molecule has 3 rings (SSSR count). The van der Waals surface area contributed by atoms with Gasteiger partial charge in [-0.2, -0.15) is 0 Å². The molecule has 6 nitrogen and oxygen atoms in total. The molecule has 0 aromatic carbocycles. The van der Waals surface area contributed by atoms with Crippen molar-refractivity contribution >= 4 is 10.0 Å². The highest BCUT2D eigenvalue weighted by atomic mass is 32.2. The largest absolute Gasteiger partial charge is 0.373 e. The van der Waals surface area contributed by atoms with Crippen LogP contribution in [0.25, 0.3) is 0 Å². The molecule has 2 aliphatic heterocycles. The Bertz CT molecular complexity index is 596. The number of rotatable bonds is 6. The van der Waals surface area contributed by atoms with E-state index in [1.54, 1.807) is 12.3 Å². The third kappa shape index (κ3) is 3.31. The molecule has 3 atom stereocenters. The highest BCUT2D eigenvalue weighted by Crippen LogP contribution is 2.35. The molecule has 0 saturated carbocycles. The van der Waals surface area contributed by atoms with Gasteiger partial charge in [0, 0.05) is 24.5 Å². The Morgan fingerprint density at radius 3 is 2.86 bits per heavy atom. The van der Waals surface area contributed by atoms with Crippen LogP contribution in [0, 0.1) is 0 Å². The lowest BCUT2D eigenvalue weighted by atomic mass is 9.96. The molecule has 2 bridgehead atoms. The summed E-state index contributed by atoms with van der Waals surface area (Å²) in [6.45, 7) is 4.74. The van der Waals surface area contributed by atoms with Crippen molar-refractivity contribution in [2.75, 3.05) is 0 Å². The summed E-state index contributed by atoms with van der Waals surface area (Å²) in [6, 6.07) is 1.96. The molecule has 0 aliphatic carbocycles. The van der Waals surface area contributed by atoms with E-state index in [-0.39, 0.29) is 18.2 Å². The van der Waals surface area contributed by atoms with Gasteiger partial charge < -0.3 is 15.0 Å². The van der Waals surface area contributed by atoms with E-state index in [0.29, 0.717) is 17.5 Å². The zero-order valence-electron chi connectivity index (χ0n) is 12.4. The molecule has 0 spiro atoms. The molecule has 1 aromatic rings. The van der Waals surface area contributed by atoms with Gasteiger partial charge in [-0.05, 0) is 25.3 Å². The molecule has 3 heterocycles. The number of sulfonamides is 1. The Balaban J connectivity index is 1.64. The van der Waals surface area contributed by atoms with Crippen molar-refractivity contribution in [3.8, 4) is 0 Å². The first-order valence-corrected chi connectivity index (χ1v) is 9.01. The van der Waals surface area contributed by atoms with E-state index in [4.69, 9.17) is 4.74 Å². The van der Waals surface area contributed by atoms with E-state index in [2.05, 4.69) is 28.9 Å². The molecule has 2 fully saturated rings. The van der Waals surface area contributed by atoms with Crippen LogP contribution in [0.15, 0.2) is 17.2 Å². The fraction of sp³-hybridized carbons (Fsp3) is 0.714. The van der Waals surface area contributed by atoms with Crippen molar-refractivity contribution in [3.63, 3.8) is 0 Å². The maximum Gasteiger partial charge on any atom is 0.242 e. The smallest absolute Gasteiger partial charge is 0.242 e. The Morgan fingerprint density at radius 1 is 1.43 bits per heavy atom. The van der Waals surface area contributed by atoms with E-state index in [0.717, 1.165) is 25.0 Å². The molecule has 0 radical (unpaired) electrons. The highest BCUT2D eigenvalue weighted by Gasteiger charge is 2.42. The van der Waals surface area contributed by atoms with Gasteiger partial charge in [0.05, 0.1) is 23.1 Å². The average molecular weight is 313 g/mol. The lowest BCUT2D eigenvalue weighted by Gasteiger charge is -2.19. The van der Waals surface area contributed by atoms with Crippen LogP contribution in [0.5, 0.6) is 0 Å². The number of hydrogen-bond donors (Lipinski definition) is 3. The first kappa shape index (κ1) is 15.0. The number of H-pyrrole nitrogens is 1. The van der Waals surface area contributed by atoms with E-state index in [1.807, 2.05) is 0 Å². The summed E-state index contributed by atoms with van der Waals surface area (Å²) < 4.78 is 33.3. The van der Waals surface area contributed by atoms with Crippen molar-refractivity contribution in [2.24, 2.45) is 0 Å². The third-order valence-electron chi connectivity index (χ3n) is 4.14. The van der Waals surface area contributed by atoms with Crippen LogP contribution in [0.1, 0.15) is 38.8 Å². The van der Waals surface area contributed by atoms with Crippen molar-refractivity contribution in [3.05, 3.63) is 18.0 Å². The average Bonchev–Trinajstić information content (AvgIpc) is 3.12. The standard InChI is InChI=1S/C14H23N3O3S/c1-9(2)15-7-10-5-12(8-16-10)21(18,19)17-13-6-11-3-4-14(13)20-11/h5,8-9,11,13-17H,3-4,6-7H2,1-2H3. The number of fused-ring (bicyclic) bond motifs is 2. The van der Waals surface area contributed by atoms with Gasteiger partial charge in [-0.1, -0.05) is 13.8 Å². The van der Waals surface area contributed by atoms with Gasteiger partial charge in [0.25, 0.3) is 0 Å². The lowest BCUT2D eigenvalue weighted by Crippen LogP contribution is -2.41. The van der Waals surface area contributed by atoms with E-state index in [9.17, 15) is 8.42 Å². The fourth-order valence-electron chi connectivity index (χ4n) is 3.02. The molecule has 3 unspecified atom stereocenters. The topological polar surface area (TPSA) is 83.2 Å². The van der Waals surface area contributed by atoms with E-state index in [1.165, 1.54) is 0 Å². The van der Waals surface area contributed by atoms with Gasteiger partial charge >= 0.3 is 0 Å². The van der Waals surface area contributed by atoms with Gasteiger partial charge in [-0.15, -0.1) is 0 Å². The van der Waals surface area contributed by atoms with Crippen LogP contribution in [0.3, 0.4) is 0 Å². The normalized spacial score (nSPS) is 28.6. The highest BCUT2D eigenvalue weighted by molar-refractivity contribution is 7.89.